The maximum atomic E-state index is 10.3. The zero-order valence-electron chi connectivity index (χ0n) is 8.22. The zero-order chi connectivity index (χ0) is 9.19. The molecule has 68 valence electrons. The second-order valence-corrected chi connectivity index (χ2v) is 3.25. The van der Waals surface area contributed by atoms with Crippen molar-refractivity contribution in [3.05, 3.63) is 18.0 Å². The van der Waals surface area contributed by atoms with Crippen molar-refractivity contribution in [3.8, 4) is 0 Å². The van der Waals surface area contributed by atoms with Crippen LogP contribution in [0.1, 0.15) is 7.12 Å². The summed E-state index contributed by atoms with van der Waals surface area (Å²) in [7, 11) is -4.27. The van der Waals surface area contributed by atoms with E-state index >= 15 is 0 Å². The van der Waals surface area contributed by atoms with Gasteiger partial charge >= 0.3 is 39.9 Å². The van der Waals surface area contributed by atoms with Gasteiger partial charge in [-0.1, -0.05) is 0 Å². The summed E-state index contributed by atoms with van der Waals surface area (Å²) in [5, 5.41) is 0. The van der Waals surface area contributed by atoms with E-state index in [1.165, 1.54) is 6.20 Å². The van der Waals surface area contributed by atoms with E-state index in [4.69, 9.17) is 4.55 Å². The van der Waals surface area contributed by atoms with E-state index in [1.54, 1.807) is 17.7 Å². The number of aromatic nitrogens is 2. The summed E-state index contributed by atoms with van der Waals surface area (Å²) >= 11 is 0. The number of rotatable bonds is 2. The minimum atomic E-state index is -4.27. The van der Waals surface area contributed by atoms with E-state index in [-0.39, 0.29) is 36.9 Å². The average molecular weight is 213 g/mol. The van der Waals surface area contributed by atoms with Gasteiger partial charge in [0.1, 0.15) is 0 Å². The smallest absolute Gasteiger partial charge is 1.00 e. The largest absolute Gasteiger partial charge is 1.00 e. The van der Waals surface area contributed by atoms with Crippen LogP contribution in [0.3, 0.4) is 0 Å². The maximum absolute atomic E-state index is 10.3. The molecule has 1 aromatic heterocycles. The number of anilines is 1. The molecule has 0 saturated heterocycles. The molecule has 0 atom stereocenters. The Balaban J connectivity index is 0. The van der Waals surface area contributed by atoms with Crippen LogP contribution in [0, 0.1) is 6.92 Å². The van der Waals surface area contributed by atoms with Crippen LogP contribution >= 0.6 is 0 Å². The summed E-state index contributed by atoms with van der Waals surface area (Å²) in [6, 6.07) is 1.61. The minimum Gasteiger partial charge on any atom is -1.00 e. The molecule has 8 heteroatoms. The summed E-state index contributed by atoms with van der Waals surface area (Å²) in [6.45, 7) is 1.68. The van der Waals surface area contributed by atoms with E-state index < -0.39 is 10.3 Å². The van der Waals surface area contributed by atoms with Gasteiger partial charge in [0.25, 0.3) is 0 Å². The van der Waals surface area contributed by atoms with Crippen molar-refractivity contribution in [2.45, 2.75) is 6.92 Å². The number of nitrogens with zero attached hydrogens (tertiary/aromatic N) is 2. The molecule has 0 radical (unpaired) electrons. The van der Waals surface area contributed by atoms with Crippen molar-refractivity contribution < 1.29 is 44.0 Å². The fourth-order valence-electron chi connectivity index (χ4n) is 0.613. The van der Waals surface area contributed by atoms with Crippen molar-refractivity contribution in [1.29, 1.82) is 0 Å². The molecular weight excluding hydrogens is 205 g/mol. The van der Waals surface area contributed by atoms with Gasteiger partial charge in [0, 0.05) is 11.9 Å². The molecule has 1 aromatic rings. The average Bonchev–Trinajstić information content (AvgIpc) is 1.82. The number of nitrogens with one attached hydrogen (secondary N) is 1. The van der Waals surface area contributed by atoms with Gasteiger partial charge in [0.2, 0.25) is 5.95 Å². The number of aryl methyl sites for hydroxylation is 1. The molecule has 0 amide bonds. The van der Waals surface area contributed by atoms with Gasteiger partial charge in [-0.2, -0.15) is 8.42 Å². The first kappa shape index (κ1) is 12.8. The van der Waals surface area contributed by atoms with Gasteiger partial charge in [0.05, 0.1) is 0 Å². The van der Waals surface area contributed by atoms with Crippen LogP contribution in [0.5, 0.6) is 0 Å². The molecule has 0 unspecified atom stereocenters. The topological polar surface area (TPSA) is 92.2 Å². The standard InChI is InChI=1S/C5H7N3O3S.Na.H/c1-4-2-3-6-5(7-4)8-12(9,10)11;;/h2-3H,1H3,(H,6,7,8)(H,9,10,11);;/q;+1;-1. The minimum absolute atomic E-state index is 0. The first-order chi connectivity index (χ1) is 5.47. The summed E-state index contributed by atoms with van der Waals surface area (Å²) in [6.07, 6.45) is 1.38. The van der Waals surface area contributed by atoms with E-state index in [9.17, 15) is 8.42 Å². The summed E-state index contributed by atoms with van der Waals surface area (Å²) in [5.41, 5.74) is 0.608. The maximum Gasteiger partial charge on any atom is 1.00 e. The van der Waals surface area contributed by atoms with Crippen molar-refractivity contribution in [2.24, 2.45) is 0 Å². The molecule has 0 bridgehead atoms. The fourth-order valence-corrected chi connectivity index (χ4v) is 0.943. The van der Waals surface area contributed by atoms with Crippen LogP contribution in [0.4, 0.5) is 5.95 Å². The summed E-state index contributed by atoms with van der Waals surface area (Å²) < 4.78 is 30.6. The number of hydrogen-bond donors (Lipinski definition) is 2. The second kappa shape index (κ2) is 4.87. The fraction of sp³-hybridized carbons (Fsp3) is 0.200. The second-order valence-electron chi connectivity index (χ2n) is 2.10. The Labute approximate surface area is 99.4 Å². The molecule has 0 spiro atoms. The summed E-state index contributed by atoms with van der Waals surface area (Å²) in [4.78, 5) is 7.26. The molecule has 1 rings (SSSR count). The van der Waals surface area contributed by atoms with Crippen LogP contribution in [0.25, 0.3) is 0 Å². The van der Waals surface area contributed by atoms with E-state index in [2.05, 4.69) is 9.97 Å². The Bertz CT molecular complexity index is 386. The molecule has 13 heavy (non-hydrogen) atoms. The van der Waals surface area contributed by atoms with Crippen LogP contribution < -0.4 is 34.3 Å². The third-order valence-corrected chi connectivity index (χ3v) is 1.46. The first-order valence-corrected chi connectivity index (χ1v) is 4.46. The SMILES string of the molecule is Cc1ccnc(NS(=O)(=O)O)n1.[H-].[Na+]. The van der Waals surface area contributed by atoms with Gasteiger partial charge in [-0.05, 0) is 13.0 Å². The van der Waals surface area contributed by atoms with E-state index in [0.29, 0.717) is 5.69 Å². The molecule has 1 heterocycles. The molecule has 0 aromatic carbocycles. The Hall–Kier alpha value is -0.210. The Kier molecular flexibility index (Phi) is 4.79. The molecule has 6 nitrogen and oxygen atoms in total. The zero-order valence-corrected chi connectivity index (χ0v) is 10.0. The summed E-state index contributed by atoms with van der Waals surface area (Å²) in [5.74, 6) is -0.141. The monoisotopic (exact) mass is 213 g/mol. The van der Waals surface area contributed by atoms with Gasteiger partial charge in [0.15, 0.2) is 0 Å². The molecule has 0 aliphatic heterocycles. The number of hydrogen-bond acceptors (Lipinski definition) is 4. The quantitative estimate of drug-likeness (QED) is 0.406. The Morgan fingerprint density at radius 2 is 2.23 bits per heavy atom. The molecule has 0 fully saturated rings. The van der Waals surface area contributed by atoms with Gasteiger partial charge < -0.3 is 1.43 Å². The molecular formula is C5H8N3NaO3S. The first-order valence-electron chi connectivity index (χ1n) is 3.02. The van der Waals surface area contributed by atoms with Crippen LogP contribution in [0.15, 0.2) is 12.3 Å². The van der Waals surface area contributed by atoms with Crippen LogP contribution in [-0.2, 0) is 10.3 Å². The van der Waals surface area contributed by atoms with Crippen molar-refractivity contribution in [1.82, 2.24) is 9.97 Å². The molecule has 0 aliphatic carbocycles. The Morgan fingerprint density at radius 3 is 2.69 bits per heavy atom. The van der Waals surface area contributed by atoms with Gasteiger partial charge in [-0.25, -0.2) is 14.7 Å². The van der Waals surface area contributed by atoms with Crippen molar-refractivity contribution in [3.63, 3.8) is 0 Å². The predicted octanol–water partition coefficient (Wildman–Crippen LogP) is -2.88. The Morgan fingerprint density at radius 1 is 1.62 bits per heavy atom. The van der Waals surface area contributed by atoms with Crippen molar-refractivity contribution >= 4 is 16.3 Å². The predicted molar refractivity (Wildman–Crippen MR) is 43.1 cm³/mol. The van der Waals surface area contributed by atoms with E-state index in [1.807, 2.05) is 0 Å². The normalized spacial score (nSPS) is 10.3. The van der Waals surface area contributed by atoms with Crippen molar-refractivity contribution in [2.75, 3.05) is 4.72 Å². The van der Waals surface area contributed by atoms with Crippen LogP contribution in [0.2, 0.25) is 0 Å². The third-order valence-electron chi connectivity index (χ3n) is 1.02. The van der Waals surface area contributed by atoms with Gasteiger partial charge in [-0.15, -0.1) is 0 Å². The van der Waals surface area contributed by atoms with E-state index in [0.717, 1.165) is 0 Å². The molecule has 2 N–H and O–H groups in total. The van der Waals surface area contributed by atoms with Gasteiger partial charge in [-0.3, -0.25) is 4.55 Å². The molecule has 0 aliphatic rings. The third kappa shape index (κ3) is 5.17. The molecule has 0 saturated carbocycles. The van der Waals surface area contributed by atoms with Crippen LogP contribution in [-0.4, -0.2) is 22.9 Å².